The van der Waals surface area contributed by atoms with Gasteiger partial charge in [0, 0.05) is 54.5 Å². The molecule has 10 heteroatoms. The average molecular weight is 518 g/mol. The lowest BCUT2D eigenvalue weighted by molar-refractivity contribution is -0.111. The molecule has 0 unspecified atom stereocenters. The fourth-order valence-electron chi connectivity index (χ4n) is 4.68. The van der Waals surface area contributed by atoms with Gasteiger partial charge in [0.05, 0.1) is 34.9 Å². The van der Waals surface area contributed by atoms with Crippen molar-refractivity contribution in [1.82, 2.24) is 19.4 Å². The number of benzene rings is 2. The lowest BCUT2D eigenvalue weighted by Crippen LogP contribution is -2.44. The smallest absolute Gasteiger partial charge is 0.247 e. The van der Waals surface area contributed by atoms with E-state index in [1.165, 1.54) is 12.3 Å². The minimum Gasteiger partial charge on any atom is -0.369 e. The van der Waals surface area contributed by atoms with Crippen molar-refractivity contribution >= 4 is 39.8 Å². The molecule has 2 aromatic heterocycles. The second-order valence-corrected chi connectivity index (χ2v) is 9.25. The maximum Gasteiger partial charge on any atom is 0.247 e. The standard InChI is InChI=1S/C29H27N9O/c1-3-27(39)33-25-16-21(37-14-12-36(2)13-15-37)8-9-24(25)34-29-32-18-20(17-31)28(35-29)23-19-38(11-10-30)26-7-5-4-6-22(23)26/h3-9,16,18-19H,1,11-15H2,2H3,(H,33,39)(H,32,34,35). The van der Waals surface area contributed by atoms with Gasteiger partial charge in [0.2, 0.25) is 11.9 Å². The molecule has 10 nitrogen and oxygen atoms in total. The van der Waals surface area contributed by atoms with Gasteiger partial charge in [-0.15, -0.1) is 0 Å². The van der Waals surface area contributed by atoms with Crippen LogP contribution in [0.15, 0.2) is 67.5 Å². The van der Waals surface area contributed by atoms with Gasteiger partial charge in [0.15, 0.2) is 0 Å². The number of likely N-dealkylation sites (N-methyl/N-ethyl adjacent to an activating group) is 1. The summed E-state index contributed by atoms with van der Waals surface area (Å²) >= 11 is 0. The summed E-state index contributed by atoms with van der Waals surface area (Å²) in [6.45, 7) is 7.44. The molecule has 194 valence electrons. The van der Waals surface area contributed by atoms with Crippen molar-refractivity contribution in [2.75, 3.05) is 48.8 Å². The van der Waals surface area contributed by atoms with Gasteiger partial charge in [0.1, 0.15) is 12.6 Å². The zero-order valence-corrected chi connectivity index (χ0v) is 21.6. The van der Waals surface area contributed by atoms with Crippen LogP contribution >= 0.6 is 0 Å². The van der Waals surface area contributed by atoms with Crippen LogP contribution in [-0.2, 0) is 11.3 Å². The van der Waals surface area contributed by atoms with Crippen LogP contribution in [0.2, 0.25) is 0 Å². The number of carbonyl (C=O) groups is 1. The van der Waals surface area contributed by atoms with Crippen LogP contribution in [0, 0.1) is 22.7 Å². The molecule has 39 heavy (non-hydrogen) atoms. The van der Waals surface area contributed by atoms with E-state index in [0.717, 1.165) is 48.3 Å². The molecule has 2 N–H and O–H groups in total. The van der Waals surface area contributed by atoms with E-state index in [4.69, 9.17) is 4.98 Å². The highest BCUT2D eigenvalue weighted by Crippen LogP contribution is 2.34. The number of amides is 1. The molecule has 1 amide bonds. The van der Waals surface area contributed by atoms with Crippen molar-refractivity contribution in [3.05, 3.63) is 73.1 Å². The molecule has 0 bridgehead atoms. The van der Waals surface area contributed by atoms with Gasteiger partial charge in [-0.2, -0.15) is 10.5 Å². The van der Waals surface area contributed by atoms with Crippen molar-refractivity contribution in [3.8, 4) is 23.4 Å². The number of nitriles is 2. The summed E-state index contributed by atoms with van der Waals surface area (Å²) in [6, 6.07) is 17.8. The van der Waals surface area contributed by atoms with E-state index < -0.39 is 0 Å². The number of aromatic nitrogens is 3. The highest BCUT2D eigenvalue weighted by atomic mass is 16.1. The van der Waals surface area contributed by atoms with Gasteiger partial charge in [-0.25, -0.2) is 9.97 Å². The van der Waals surface area contributed by atoms with Gasteiger partial charge in [0.25, 0.3) is 0 Å². The monoisotopic (exact) mass is 517 g/mol. The molecule has 4 aromatic rings. The molecule has 0 atom stereocenters. The molecule has 2 aromatic carbocycles. The quantitative estimate of drug-likeness (QED) is 0.351. The van der Waals surface area contributed by atoms with Crippen molar-refractivity contribution in [3.63, 3.8) is 0 Å². The maximum atomic E-state index is 12.2. The Balaban J connectivity index is 1.53. The molecule has 0 radical (unpaired) electrons. The molecule has 0 spiro atoms. The lowest BCUT2D eigenvalue weighted by atomic mass is 10.1. The molecule has 1 fully saturated rings. The van der Waals surface area contributed by atoms with E-state index >= 15 is 0 Å². The molecule has 5 rings (SSSR count). The van der Waals surface area contributed by atoms with Gasteiger partial charge >= 0.3 is 0 Å². The van der Waals surface area contributed by atoms with Crippen molar-refractivity contribution in [2.24, 2.45) is 0 Å². The van der Waals surface area contributed by atoms with E-state index in [2.05, 4.69) is 51.2 Å². The van der Waals surface area contributed by atoms with Gasteiger partial charge in [-0.3, -0.25) is 4.79 Å². The number of hydrogen-bond acceptors (Lipinski definition) is 8. The largest absolute Gasteiger partial charge is 0.369 e. The van der Waals surface area contributed by atoms with Crippen molar-refractivity contribution < 1.29 is 4.79 Å². The van der Waals surface area contributed by atoms with Crippen LogP contribution < -0.4 is 15.5 Å². The summed E-state index contributed by atoms with van der Waals surface area (Å²) in [5.41, 5.74) is 4.54. The molecule has 0 aliphatic carbocycles. The van der Waals surface area contributed by atoms with E-state index in [1.54, 1.807) is 0 Å². The normalized spacial score (nSPS) is 13.5. The Morgan fingerprint density at radius 2 is 1.92 bits per heavy atom. The number of hydrogen-bond donors (Lipinski definition) is 2. The molecule has 1 aliphatic rings. The third kappa shape index (κ3) is 5.28. The SMILES string of the molecule is C=CC(=O)Nc1cc(N2CCN(C)CC2)ccc1Nc1ncc(C#N)c(-c2cn(CC#N)c3ccccc23)n1. The highest BCUT2D eigenvalue weighted by molar-refractivity contribution is 6.02. The van der Waals surface area contributed by atoms with E-state index in [-0.39, 0.29) is 18.4 Å². The zero-order valence-electron chi connectivity index (χ0n) is 21.6. The Kier molecular flexibility index (Phi) is 7.21. The summed E-state index contributed by atoms with van der Waals surface area (Å²) in [4.78, 5) is 25.9. The Morgan fingerprint density at radius 1 is 1.13 bits per heavy atom. The molecule has 1 saturated heterocycles. The predicted octanol–water partition coefficient (Wildman–Crippen LogP) is 4.11. The second-order valence-electron chi connectivity index (χ2n) is 9.25. The summed E-state index contributed by atoms with van der Waals surface area (Å²) in [5, 5.41) is 26.1. The molecule has 3 heterocycles. The first kappa shape index (κ1) is 25.5. The number of rotatable bonds is 7. The van der Waals surface area contributed by atoms with Gasteiger partial charge < -0.3 is 25.0 Å². The number of anilines is 4. The molecular formula is C29H27N9O. The summed E-state index contributed by atoms with van der Waals surface area (Å²) in [6.07, 6.45) is 4.53. The second kappa shape index (κ2) is 11.1. The Morgan fingerprint density at radius 3 is 2.67 bits per heavy atom. The zero-order chi connectivity index (χ0) is 27.4. The number of carbonyl (C=O) groups excluding carboxylic acids is 1. The van der Waals surface area contributed by atoms with E-state index in [0.29, 0.717) is 22.6 Å². The molecular weight excluding hydrogens is 490 g/mol. The summed E-state index contributed by atoms with van der Waals surface area (Å²) in [7, 11) is 2.10. The molecule has 0 saturated carbocycles. The average Bonchev–Trinajstić information content (AvgIpc) is 3.32. The van der Waals surface area contributed by atoms with Crippen LogP contribution in [0.3, 0.4) is 0 Å². The van der Waals surface area contributed by atoms with Crippen LogP contribution in [-0.4, -0.2) is 58.6 Å². The Hall–Kier alpha value is -5.19. The summed E-state index contributed by atoms with van der Waals surface area (Å²) < 4.78 is 1.83. The first-order valence-corrected chi connectivity index (χ1v) is 12.5. The van der Waals surface area contributed by atoms with Crippen LogP contribution in [0.1, 0.15) is 5.56 Å². The Bertz CT molecular complexity index is 1640. The van der Waals surface area contributed by atoms with Gasteiger partial charge in [-0.1, -0.05) is 24.8 Å². The number of para-hydroxylation sites is 1. The lowest BCUT2D eigenvalue weighted by Gasteiger charge is -2.34. The maximum absolute atomic E-state index is 12.2. The highest BCUT2D eigenvalue weighted by Gasteiger charge is 2.19. The van der Waals surface area contributed by atoms with E-state index in [1.807, 2.05) is 53.2 Å². The molecule has 1 aliphatic heterocycles. The van der Waals surface area contributed by atoms with Crippen molar-refractivity contribution in [2.45, 2.75) is 6.54 Å². The number of fused-ring (bicyclic) bond motifs is 1. The van der Waals surface area contributed by atoms with Crippen LogP contribution in [0.25, 0.3) is 22.2 Å². The first-order chi connectivity index (χ1) is 19.0. The summed E-state index contributed by atoms with van der Waals surface area (Å²) in [5.74, 6) is -0.0668. The fourth-order valence-corrected chi connectivity index (χ4v) is 4.68. The topological polar surface area (TPSA) is 126 Å². The fraction of sp³-hybridized carbons (Fsp3) is 0.207. The predicted molar refractivity (Wildman–Crippen MR) is 152 cm³/mol. The first-order valence-electron chi connectivity index (χ1n) is 12.5. The number of nitrogens with one attached hydrogen (secondary N) is 2. The number of nitrogens with zero attached hydrogens (tertiary/aromatic N) is 7. The van der Waals surface area contributed by atoms with Crippen LogP contribution in [0.5, 0.6) is 0 Å². The number of piperazine rings is 1. The minimum absolute atomic E-state index is 0.171. The Labute approximate surface area is 226 Å². The van der Waals surface area contributed by atoms with Gasteiger partial charge in [-0.05, 0) is 37.4 Å². The van der Waals surface area contributed by atoms with Crippen LogP contribution in [0.4, 0.5) is 23.0 Å². The van der Waals surface area contributed by atoms with Crippen molar-refractivity contribution in [1.29, 1.82) is 10.5 Å². The third-order valence-corrected chi connectivity index (χ3v) is 6.76. The third-order valence-electron chi connectivity index (χ3n) is 6.76. The minimum atomic E-state index is -0.333. The van der Waals surface area contributed by atoms with E-state index in [9.17, 15) is 15.3 Å².